The van der Waals surface area contributed by atoms with Crippen molar-refractivity contribution < 1.29 is 13.2 Å². The summed E-state index contributed by atoms with van der Waals surface area (Å²) in [5, 5.41) is 0. The molecule has 0 bridgehead atoms. The maximum atomic E-state index is 13.1. The van der Waals surface area contributed by atoms with Crippen molar-refractivity contribution in [1.29, 1.82) is 0 Å². The molecule has 22 heavy (non-hydrogen) atoms. The molecule has 0 saturated heterocycles. The van der Waals surface area contributed by atoms with Crippen LogP contribution in [-0.2, 0) is 6.18 Å². The number of hydrogen-bond acceptors (Lipinski definition) is 1. The van der Waals surface area contributed by atoms with Crippen LogP contribution in [0.15, 0.2) is 72.9 Å². The van der Waals surface area contributed by atoms with E-state index < -0.39 is 11.7 Å². The van der Waals surface area contributed by atoms with Crippen molar-refractivity contribution in [2.75, 3.05) is 0 Å². The molecule has 0 aliphatic carbocycles. The van der Waals surface area contributed by atoms with Crippen LogP contribution in [0.25, 0.3) is 22.4 Å². The first-order valence-corrected chi connectivity index (χ1v) is 6.74. The van der Waals surface area contributed by atoms with E-state index in [9.17, 15) is 13.2 Å². The first-order chi connectivity index (χ1) is 10.6. The van der Waals surface area contributed by atoms with E-state index in [1.54, 1.807) is 18.2 Å². The highest BCUT2D eigenvalue weighted by molar-refractivity contribution is 5.72. The van der Waals surface area contributed by atoms with E-state index >= 15 is 0 Å². The third-order valence-corrected chi connectivity index (χ3v) is 3.37. The summed E-state index contributed by atoms with van der Waals surface area (Å²) in [6.07, 6.45) is -2.85. The van der Waals surface area contributed by atoms with Crippen LogP contribution in [-0.4, -0.2) is 4.98 Å². The maximum Gasteiger partial charge on any atom is 0.417 e. The van der Waals surface area contributed by atoms with Crippen molar-refractivity contribution >= 4 is 0 Å². The summed E-state index contributed by atoms with van der Waals surface area (Å²) in [4.78, 5) is 4.25. The Morgan fingerprint density at radius 1 is 0.727 bits per heavy atom. The Labute approximate surface area is 126 Å². The number of rotatable bonds is 2. The quantitative estimate of drug-likeness (QED) is 0.614. The molecule has 1 nitrogen and oxygen atoms in total. The third kappa shape index (κ3) is 2.86. The third-order valence-electron chi connectivity index (χ3n) is 3.37. The van der Waals surface area contributed by atoms with Crippen molar-refractivity contribution in [3.05, 3.63) is 78.5 Å². The molecule has 0 atom stereocenters. The van der Waals surface area contributed by atoms with Crippen molar-refractivity contribution in [2.45, 2.75) is 6.18 Å². The average Bonchev–Trinajstić information content (AvgIpc) is 2.55. The predicted octanol–water partition coefficient (Wildman–Crippen LogP) is 5.43. The molecular formula is C18H12F3N. The van der Waals surface area contributed by atoms with Gasteiger partial charge < -0.3 is 0 Å². The minimum absolute atomic E-state index is 0.162. The van der Waals surface area contributed by atoms with E-state index in [2.05, 4.69) is 4.98 Å². The van der Waals surface area contributed by atoms with E-state index in [4.69, 9.17) is 0 Å². The Morgan fingerprint density at radius 2 is 1.41 bits per heavy atom. The molecule has 0 unspecified atom stereocenters. The SMILES string of the molecule is FC(F)(F)c1ccccc1-c1ccnc(-c2ccccc2)c1. The normalized spacial score (nSPS) is 11.4. The number of aromatic nitrogens is 1. The van der Waals surface area contributed by atoms with Gasteiger partial charge in [-0.15, -0.1) is 0 Å². The lowest BCUT2D eigenvalue weighted by Crippen LogP contribution is -2.06. The number of pyridine rings is 1. The van der Waals surface area contributed by atoms with E-state index in [0.29, 0.717) is 11.3 Å². The zero-order valence-corrected chi connectivity index (χ0v) is 11.5. The summed E-state index contributed by atoms with van der Waals surface area (Å²) < 4.78 is 39.4. The lowest BCUT2D eigenvalue weighted by Gasteiger charge is -2.13. The van der Waals surface area contributed by atoms with Crippen LogP contribution in [0.3, 0.4) is 0 Å². The van der Waals surface area contributed by atoms with Crippen LogP contribution in [0.5, 0.6) is 0 Å². The van der Waals surface area contributed by atoms with Gasteiger partial charge in [0.1, 0.15) is 0 Å². The van der Waals surface area contributed by atoms with E-state index in [1.165, 1.54) is 18.3 Å². The molecular weight excluding hydrogens is 287 g/mol. The molecule has 0 amide bonds. The number of benzene rings is 2. The summed E-state index contributed by atoms with van der Waals surface area (Å²) in [5.41, 5.74) is 1.54. The molecule has 0 aliphatic heterocycles. The highest BCUT2D eigenvalue weighted by atomic mass is 19.4. The minimum Gasteiger partial charge on any atom is -0.256 e. The van der Waals surface area contributed by atoms with E-state index in [0.717, 1.165) is 11.6 Å². The van der Waals surface area contributed by atoms with Gasteiger partial charge in [0.2, 0.25) is 0 Å². The molecule has 4 heteroatoms. The molecule has 0 N–H and O–H groups in total. The van der Waals surface area contributed by atoms with Crippen molar-refractivity contribution in [3.8, 4) is 22.4 Å². The maximum absolute atomic E-state index is 13.1. The predicted molar refractivity (Wildman–Crippen MR) is 80.1 cm³/mol. The van der Waals surface area contributed by atoms with Crippen molar-refractivity contribution in [1.82, 2.24) is 4.98 Å². The van der Waals surface area contributed by atoms with Gasteiger partial charge in [-0.1, -0.05) is 48.5 Å². The van der Waals surface area contributed by atoms with Gasteiger partial charge in [0.15, 0.2) is 0 Å². The van der Waals surface area contributed by atoms with Crippen LogP contribution in [0.2, 0.25) is 0 Å². The Morgan fingerprint density at radius 3 is 2.14 bits per heavy atom. The number of nitrogens with zero attached hydrogens (tertiary/aromatic N) is 1. The summed E-state index contributed by atoms with van der Waals surface area (Å²) in [6.45, 7) is 0. The summed E-state index contributed by atoms with van der Waals surface area (Å²) in [6, 6.07) is 18.2. The van der Waals surface area contributed by atoms with Crippen molar-refractivity contribution in [2.24, 2.45) is 0 Å². The topological polar surface area (TPSA) is 12.9 Å². The fourth-order valence-corrected chi connectivity index (χ4v) is 2.35. The van der Waals surface area contributed by atoms with Crippen LogP contribution in [0.4, 0.5) is 13.2 Å². The zero-order chi connectivity index (χ0) is 15.6. The highest BCUT2D eigenvalue weighted by Gasteiger charge is 2.33. The van der Waals surface area contributed by atoms with E-state index in [1.807, 2.05) is 30.3 Å². The van der Waals surface area contributed by atoms with Gasteiger partial charge in [-0.2, -0.15) is 13.2 Å². The van der Waals surface area contributed by atoms with Crippen LogP contribution in [0.1, 0.15) is 5.56 Å². The molecule has 0 spiro atoms. The second-order valence-corrected chi connectivity index (χ2v) is 4.84. The Hall–Kier alpha value is -2.62. The summed E-state index contributed by atoms with van der Waals surface area (Å²) in [7, 11) is 0. The number of hydrogen-bond donors (Lipinski definition) is 0. The fourth-order valence-electron chi connectivity index (χ4n) is 2.35. The second-order valence-electron chi connectivity index (χ2n) is 4.84. The van der Waals surface area contributed by atoms with Gasteiger partial charge in [-0.3, -0.25) is 4.98 Å². The minimum atomic E-state index is -4.38. The second kappa shape index (κ2) is 5.64. The Balaban J connectivity index is 2.11. The Kier molecular flexibility index (Phi) is 3.67. The molecule has 0 aliphatic rings. The van der Waals surface area contributed by atoms with Gasteiger partial charge in [0.25, 0.3) is 0 Å². The molecule has 3 aromatic rings. The van der Waals surface area contributed by atoms with Gasteiger partial charge in [-0.05, 0) is 29.3 Å². The lowest BCUT2D eigenvalue weighted by molar-refractivity contribution is -0.137. The zero-order valence-electron chi connectivity index (χ0n) is 11.5. The first kappa shape index (κ1) is 14.3. The van der Waals surface area contributed by atoms with Gasteiger partial charge >= 0.3 is 6.18 Å². The number of halogens is 3. The summed E-state index contributed by atoms with van der Waals surface area (Å²) in [5.74, 6) is 0. The first-order valence-electron chi connectivity index (χ1n) is 6.74. The smallest absolute Gasteiger partial charge is 0.256 e. The molecule has 0 saturated carbocycles. The fraction of sp³-hybridized carbons (Fsp3) is 0.0556. The van der Waals surface area contributed by atoms with Gasteiger partial charge in [0.05, 0.1) is 11.3 Å². The standard InChI is InChI=1S/C18H12F3N/c19-18(20,21)16-9-5-4-8-15(16)14-10-11-22-17(12-14)13-6-2-1-3-7-13/h1-12H. The average molecular weight is 299 g/mol. The summed E-state index contributed by atoms with van der Waals surface area (Å²) >= 11 is 0. The molecule has 1 heterocycles. The monoisotopic (exact) mass is 299 g/mol. The molecule has 0 radical (unpaired) electrons. The molecule has 2 aromatic carbocycles. The largest absolute Gasteiger partial charge is 0.417 e. The highest BCUT2D eigenvalue weighted by Crippen LogP contribution is 2.37. The lowest BCUT2D eigenvalue weighted by atomic mass is 9.98. The molecule has 3 rings (SSSR count). The van der Waals surface area contributed by atoms with Crippen LogP contribution in [0, 0.1) is 0 Å². The Bertz CT molecular complexity index is 780. The molecule has 1 aromatic heterocycles. The van der Waals surface area contributed by atoms with Crippen LogP contribution >= 0.6 is 0 Å². The van der Waals surface area contributed by atoms with Crippen molar-refractivity contribution in [3.63, 3.8) is 0 Å². The van der Waals surface area contributed by atoms with Gasteiger partial charge in [0, 0.05) is 11.8 Å². The molecule has 0 fully saturated rings. The number of alkyl halides is 3. The van der Waals surface area contributed by atoms with Gasteiger partial charge in [-0.25, -0.2) is 0 Å². The van der Waals surface area contributed by atoms with Crippen LogP contribution < -0.4 is 0 Å². The van der Waals surface area contributed by atoms with E-state index in [-0.39, 0.29) is 5.56 Å². The molecule has 110 valence electrons.